The lowest BCUT2D eigenvalue weighted by molar-refractivity contribution is -0.384. The summed E-state index contributed by atoms with van der Waals surface area (Å²) in [6.07, 6.45) is 0. The van der Waals surface area contributed by atoms with E-state index in [2.05, 4.69) is 10.6 Å². The van der Waals surface area contributed by atoms with Crippen LogP contribution in [0.25, 0.3) is 0 Å². The van der Waals surface area contributed by atoms with Crippen molar-refractivity contribution in [2.75, 3.05) is 12.4 Å². The van der Waals surface area contributed by atoms with Crippen LogP contribution in [0.3, 0.4) is 0 Å². The number of hydrogen-bond acceptors (Lipinski definition) is 4. The van der Waals surface area contributed by atoms with Crippen LogP contribution in [-0.2, 0) is 6.54 Å². The van der Waals surface area contributed by atoms with E-state index in [1.165, 1.54) is 25.3 Å². The molecule has 0 atom stereocenters. The van der Waals surface area contributed by atoms with Crippen molar-refractivity contribution in [1.29, 1.82) is 0 Å². The van der Waals surface area contributed by atoms with Crippen molar-refractivity contribution in [2.24, 2.45) is 0 Å². The van der Waals surface area contributed by atoms with Crippen LogP contribution >= 0.6 is 11.6 Å². The Morgan fingerprint density at radius 3 is 2.74 bits per heavy atom. The van der Waals surface area contributed by atoms with Gasteiger partial charge in [-0.3, -0.25) is 10.1 Å². The Balaban J connectivity index is 2.01. The van der Waals surface area contributed by atoms with Gasteiger partial charge in [0, 0.05) is 17.6 Å². The zero-order valence-corrected chi connectivity index (χ0v) is 13.0. The lowest BCUT2D eigenvalue weighted by Crippen LogP contribution is -2.28. The van der Waals surface area contributed by atoms with Crippen LogP contribution in [0.5, 0.6) is 5.75 Å². The van der Waals surface area contributed by atoms with Crippen molar-refractivity contribution < 1.29 is 14.5 Å². The van der Waals surface area contributed by atoms with Crippen molar-refractivity contribution >= 4 is 29.0 Å². The van der Waals surface area contributed by atoms with Crippen molar-refractivity contribution in [3.8, 4) is 5.75 Å². The van der Waals surface area contributed by atoms with Crippen LogP contribution in [0.1, 0.15) is 5.56 Å². The normalized spacial score (nSPS) is 10.0. The molecule has 2 rings (SSSR count). The fourth-order valence-corrected chi connectivity index (χ4v) is 2.11. The van der Waals surface area contributed by atoms with Crippen LogP contribution in [0, 0.1) is 10.1 Å². The Kier molecular flexibility index (Phi) is 5.37. The Hall–Kier alpha value is -2.80. The highest BCUT2D eigenvalue weighted by Crippen LogP contribution is 2.28. The Bertz CT molecular complexity index is 736. The summed E-state index contributed by atoms with van der Waals surface area (Å²) in [5, 5.41) is 16.6. The van der Waals surface area contributed by atoms with Crippen LogP contribution in [0.4, 0.5) is 16.2 Å². The third kappa shape index (κ3) is 4.58. The number of anilines is 1. The van der Waals surface area contributed by atoms with E-state index in [1.807, 2.05) is 6.07 Å². The van der Waals surface area contributed by atoms with Crippen molar-refractivity contribution in [1.82, 2.24) is 5.32 Å². The van der Waals surface area contributed by atoms with E-state index in [0.29, 0.717) is 17.3 Å². The van der Waals surface area contributed by atoms with Crippen molar-refractivity contribution in [3.63, 3.8) is 0 Å². The van der Waals surface area contributed by atoms with E-state index in [9.17, 15) is 14.9 Å². The number of urea groups is 1. The highest BCUT2D eigenvalue weighted by molar-refractivity contribution is 6.30. The number of nitrogens with one attached hydrogen (secondary N) is 2. The maximum atomic E-state index is 11.9. The second-order valence-electron chi connectivity index (χ2n) is 4.58. The SMILES string of the molecule is COc1cc([N+](=O)[O-])ccc1NC(=O)NCc1cccc(Cl)c1. The van der Waals surface area contributed by atoms with Crippen LogP contribution < -0.4 is 15.4 Å². The molecule has 0 aliphatic rings. The third-order valence-corrected chi connectivity index (χ3v) is 3.22. The molecule has 2 amide bonds. The molecule has 7 nitrogen and oxygen atoms in total. The molecule has 0 saturated carbocycles. The summed E-state index contributed by atoms with van der Waals surface area (Å²) in [5.41, 5.74) is 1.07. The molecule has 0 aliphatic carbocycles. The second kappa shape index (κ2) is 7.46. The first-order chi connectivity index (χ1) is 11.0. The van der Waals surface area contributed by atoms with E-state index in [0.717, 1.165) is 5.56 Å². The molecule has 0 saturated heterocycles. The molecule has 23 heavy (non-hydrogen) atoms. The minimum Gasteiger partial charge on any atom is -0.494 e. The van der Waals surface area contributed by atoms with Crippen molar-refractivity contribution in [2.45, 2.75) is 6.54 Å². The first-order valence-corrected chi connectivity index (χ1v) is 6.99. The first kappa shape index (κ1) is 16.6. The fraction of sp³-hybridized carbons (Fsp3) is 0.133. The molecule has 0 aromatic heterocycles. The monoisotopic (exact) mass is 335 g/mol. The zero-order valence-electron chi connectivity index (χ0n) is 12.2. The molecule has 0 spiro atoms. The van der Waals surface area contributed by atoms with Crippen LogP contribution in [0.15, 0.2) is 42.5 Å². The van der Waals surface area contributed by atoms with Gasteiger partial charge in [-0.25, -0.2) is 4.79 Å². The standard InChI is InChI=1S/C15H14ClN3O4/c1-23-14-8-12(19(21)22)5-6-13(14)18-15(20)17-9-10-3-2-4-11(16)7-10/h2-8H,9H2,1H3,(H2,17,18,20). The number of nitro benzene ring substituents is 1. The molecule has 2 aromatic rings. The second-order valence-corrected chi connectivity index (χ2v) is 5.02. The van der Waals surface area contributed by atoms with Gasteiger partial charge in [0.1, 0.15) is 5.75 Å². The quantitative estimate of drug-likeness (QED) is 0.645. The molecule has 2 N–H and O–H groups in total. The number of methoxy groups -OCH3 is 1. The summed E-state index contributed by atoms with van der Waals surface area (Å²) >= 11 is 5.87. The average molecular weight is 336 g/mol. The summed E-state index contributed by atoms with van der Waals surface area (Å²) in [7, 11) is 1.37. The van der Waals surface area contributed by atoms with Gasteiger partial charge in [-0.2, -0.15) is 0 Å². The number of ether oxygens (including phenoxy) is 1. The van der Waals surface area contributed by atoms with Gasteiger partial charge in [0.05, 0.1) is 23.8 Å². The number of rotatable bonds is 5. The molecule has 0 radical (unpaired) electrons. The topological polar surface area (TPSA) is 93.5 Å². The largest absolute Gasteiger partial charge is 0.494 e. The van der Waals surface area contributed by atoms with Gasteiger partial charge >= 0.3 is 6.03 Å². The number of benzene rings is 2. The highest BCUT2D eigenvalue weighted by atomic mass is 35.5. The number of carbonyl (C=O) groups excluding carboxylic acids is 1. The van der Waals surface area contributed by atoms with Gasteiger partial charge in [0.15, 0.2) is 0 Å². The first-order valence-electron chi connectivity index (χ1n) is 6.61. The van der Waals surface area contributed by atoms with E-state index in [1.54, 1.807) is 18.2 Å². The summed E-state index contributed by atoms with van der Waals surface area (Å²) in [5.74, 6) is 0.206. The molecule has 120 valence electrons. The molecule has 0 aliphatic heterocycles. The van der Waals surface area contributed by atoms with Crippen LogP contribution in [-0.4, -0.2) is 18.1 Å². The predicted molar refractivity (Wildman–Crippen MR) is 87.0 cm³/mol. The molecular weight excluding hydrogens is 322 g/mol. The number of non-ortho nitro benzene ring substituents is 1. The lowest BCUT2D eigenvalue weighted by atomic mass is 10.2. The minimum absolute atomic E-state index is 0.119. The Morgan fingerprint density at radius 1 is 1.30 bits per heavy atom. The fourth-order valence-electron chi connectivity index (χ4n) is 1.89. The van der Waals surface area contributed by atoms with E-state index >= 15 is 0 Å². The molecular formula is C15H14ClN3O4. The van der Waals surface area contributed by atoms with Gasteiger partial charge in [-0.05, 0) is 23.8 Å². The van der Waals surface area contributed by atoms with Gasteiger partial charge in [-0.1, -0.05) is 23.7 Å². The maximum absolute atomic E-state index is 11.9. The number of amides is 2. The van der Waals surface area contributed by atoms with Gasteiger partial charge in [0.2, 0.25) is 0 Å². The molecule has 0 bridgehead atoms. The number of halogens is 1. The predicted octanol–water partition coefficient (Wildman–Crippen LogP) is 3.58. The summed E-state index contributed by atoms with van der Waals surface area (Å²) in [4.78, 5) is 22.1. The molecule has 2 aromatic carbocycles. The summed E-state index contributed by atoms with van der Waals surface area (Å²) < 4.78 is 5.05. The van der Waals surface area contributed by atoms with E-state index in [-0.39, 0.29) is 11.4 Å². The van der Waals surface area contributed by atoms with Crippen molar-refractivity contribution in [3.05, 3.63) is 63.2 Å². The summed E-state index contributed by atoms with van der Waals surface area (Å²) in [6, 6.07) is 10.6. The third-order valence-electron chi connectivity index (χ3n) is 2.99. The highest BCUT2D eigenvalue weighted by Gasteiger charge is 2.13. The smallest absolute Gasteiger partial charge is 0.319 e. The number of nitrogens with zero attached hydrogens (tertiary/aromatic N) is 1. The van der Waals surface area contributed by atoms with Gasteiger partial charge in [-0.15, -0.1) is 0 Å². The van der Waals surface area contributed by atoms with Gasteiger partial charge < -0.3 is 15.4 Å². The van der Waals surface area contributed by atoms with E-state index in [4.69, 9.17) is 16.3 Å². The number of carbonyl (C=O) groups is 1. The summed E-state index contributed by atoms with van der Waals surface area (Å²) in [6.45, 7) is 0.293. The Labute approximate surface area is 137 Å². The number of nitro groups is 1. The lowest BCUT2D eigenvalue weighted by Gasteiger charge is -2.11. The number of hydrogen-bond donors (Lipinski definition) is 2. The van der Waals surface area contributed by atoms with E-state index < -0.39 is 11.0 Å². The zero-order chi connectivity index (χ0) is 16.8. The molecule has 8 heteroatoms. The van der Waals surface area contributed by atoms with Crippen LogP contribution in [0.2, 0.25) is 5.02 Å². The molecule has 0 unspecified atom stereocenters. The molecule has 0 fully saturated rings. The average Bonchev–Trinajstić information content (AvgIpc) is 2.53. The minimum atomic E-state index is -0.536. The molecule has 0 heterocycles. The van der Waals surface area contributed by atoms with Gasteiger partial charge in [0.25, 0.3) is 5.69 Å². The maximum Gasteiger partial charge on any atom is 0.319 e. The Morgan fingerprint density at radius 2 is 2.09 bits per heavy atom.